The highest BCUT2D eigenvalue weighted by atomic mass is 19.3. The third-order valence-corrected chi connectivity index (χ3v) is 6.43. The number of anilines is 1. The number of carbonyl (C=O) groups excluding carboxylic acids is 1. The maximum Gasteiger partial charge on any atom is 0.296 e. The van der Waals surface area contributed by atoms with Crippen LogP contribution in [0.15, 0.2) is 78.9 Å². The number of unbranched alkanes of at least 4 members (excludes halogenated alkanes) is 3. The Balaban J connectivity index is 0.00000301. The summed E-state index contributed by atoms with van der Waals surface area (Å²) in [6.45, 7) is 5.02. The predicted molar refractivity (Wildman–Crippen MR) is 166 cm³/mol. The standard InChI is InChI=1S/C32H38F2N2O4.C2H6/c33-32(34,26-14-7-4-8-15-26)24-39-21-10-2-1-9-19-36-22-29(38)27-17-18-30(31(35)28(27)16-11-20-37)40-23-25-12-5-3-6-13-25;1-2/h3-8,11-18,20,29,36,38H,1-2,9-10,19,21-24,35H2;1-2H3/b16-11-;. The fourth-order valence-electron chi connectivity index (χ4n) is 4.23. The number of nitrogens with two attached hydrogens (primary N) is 1. The van der Waals surface area contributed by atoms with E-state index in [1.165, 1.54) is 18.2 Å². The van der Waals surface area contributed by atoms with Crippen LogP contribution in [0.1, 0.15) is 67.9 Å². The van der Waals surface area contributed by atoms with Crippen molar-refractivity contribution in [1.82, 2.24) is 5.32 Å². The number of allylic oxidation sites excluding steroid dienone is 1. The molecule has 42 heavy (non-hydrogen) atoms. The van der Waals surface area contributed by atoms with Crippen LogP contribution in [0.25, 0.3) is 6.08 Å². The quantitative estimate of drug-likeness (QED) is 0.0643. The van der Waals surface area contributed by atoms with Crippen LogP contribution in [0, 0.1) is 0 Å². The smallest absolute Gasteiger partial charge is 0.296 e. The molecule has 1 atom stereocenters. The SMILES string of the molecule is CC.Nc1c(OCc2ccccc2)ccc(C(O)CNCCCCCCOCC(F)(F)c2ccccc2)c1/C=C\C=O. The van der Waals surface area contributed by atoms with Crippen molar-refractivity contribution >= 4 is 18.0 Å². The van der Waals surface area contributed by atoms with E-state index in [9.17, 15) is 18.7 Å². The lowest BCUT2D eigenvalue weighted by Crippen LogP contribution is -2.23. The van der Waals surface area contributed by atoms with Crippen LogP contribution in [0.5, 0.6) is 5.75 Å². The van der Waals surface area contributed by atoms with Gasteiger partial charge in [0.05, 0.1) is 11.8 Å². The molecule has 0 aliphatic rings. The van der Waals surface area contributed by atoms with E-state index in [-0.39, 0.29) is 12.2 Å². The molecule has 1 unspecified atom stereocenters. The first-order valence-corrected chi connectivity index (χ1v) is 14.5. The van der Waals surface area contributed by atoms with E-state index in [1.54, 1.807) is 36.4 Å². The Bertz CT molecular complexity index is 1190. The van der Waals surface area contributed by atoms with Crippen molar-refractivity contribution in [2.24, 2.45) is 0 Å². The molecule has 228 valence electrons. The van der Waals surface area contributed by atoms with E-state index >= 15 is 0 Å². The van der Waals surface area contributed by atoms with Crippen molar-refractivity contribution < 1.29 is 28.2 Å². The second kappa shape index (κ2) is 19.5. The number of hydrogen-bond donors (Lipinski definition) is 3. The van der Waals surface area contributed by atoms with E-state index in [2.05, 4.69) is 5.32 Å². The molecule has 0 spiro atoms. The van der Waals surface area contributed by atoms with Gasteiger partial charge in [0, 0.05) is 24.3 Å². The highest BCUT2D eigenvalue weighted by Crippen LogP contribution is 2.33. The Kier molecular flexibility index (Phi) is 16.1. The van der Waals surface area contributed by atoms with Crippen LogP contribution in [0.3, 0.4) is 0 Å². The van der Waals surface area contributed by atoms with Crippen molar-refractivity contribution in [3.8, 4) is 5.75 Å². The molecular formula is C34H44F2N2O4. The van der Waals surface area contributed by atoms with Gasteiger partial charge in [0.2, 0.25) is 0 Å². The predicted octanol–water partition coefficient (Wildman–Crippen LogP) is 7.08. The second-order valence-electron chi connectivity index (χ2n) is 9.51. The topological polar surface area (TPSA) is 93.8 Å². The van der Waals surface area contributed by atoms with Gasteiger partial charge in [0.15, 0.2) is 0 Å². The molecule has 8 heteroatoms. The lowest BCUT2D eigenvalue weighted by atomic mass is 9.99. The number of nitrogen functional groups attached to an aromatic ring is 1. The first-order valence-electron chi connectivity index (χ1n) is 14.5. The van der Waals surface area contributed by atoms with Crippen LogP contribution in [0.2, 0.25) is 0 Å². The summed E-state index contributed by atoms with van der Waals surface area (Å²) in [5.74, 6) is -2.51. The number of halogens is 2. The van der Waals surface area contributed by atoms with Crippen LogP contribution < -0.4 is 15.8 Å². The molecule has 0 aliphatic heterocycles. The Morgan fingerprint density at radius 2 is 1.62 bits per heavy atom. The van der Waals surface area contributed by atoms with Crippen molar-refractivity contribution in [3.05, 3.63) is 101 Å². The van der Waals surface area contributed by atoms with Gasteiger partial charge in [0.1, 0.15) is 25.2 Å². The van der Waals surface area contributed by atoms with Crippen LogP contribution in [0.4, 0.5) is 14.5 Å². The van der Waals surface area contributed by atoms with E-state index < -0.39 is 18.6 Å². The fraction of sp³-hybridized carbons (Fsp3) is 0.382. The summed E-state index contributed by atoms with van der Waals surface area (Å²) in [6.07, 6.45) is 6.09. The Hall–Kier alpha value is -3.59. The first-order chi connectivity index (χ1) is 20.4. The number of alkyl halides is 2. The number of carbonyl (C=O) groups is 1. The molecule has 0 aliphatic carbocycles. The van der Waals surface area contributed by atoms with Crippen molar-refractivity contribution in [2.75, 3.05) is 32.0 Å². The van der Waals surface area contributed by atoms with Gasteiger partial charge in [-0.15, -0.1) is 0 Å². The average molecular weight is 583 g/mol. The summed E-state index contributed by atoms with van der Waals surface area (Å²) >= 11 is 0. The summed E-state index contributed by atoms with van der Waals surface area (Å²) in [5.41, 5.74) is 8.81. The second-order valence-corrected chi connectivity index (χ2v) is 9.51. The fourth-order valence-corrected chi connectivity index (χ4v) is 4.23. The molecule has 3 aromatic carbocycles. The largest absolute Gasteiger partial charge is 0.487 e. The molecule has 6 nitrogen and oxygen atoms in total. The minimum atomic E-state index is -2.99. The zero-order valence-corrected chi connectivity index (χ0v) is 24.6. The summed E-state index contributed by atoms with van der Waals surface area (Å²) in [6, 6.07) is 20.9. The van der Waals surface area contributed by atoms with Gasteiger partial charge < -0.3 is 25.6 Å². The molecule has 0 radical (unpaired) electrons. The summed E-state index contributed by atoms with van der Waals surface area (Å²) in [5, 5.41) is 14.1. The van der Waals surface area contributed by atoms with Gasteiger partial charge in [0.25, 0.3) is 5.92 Å². The zero-order chi connectivity index (χ0) is 30.6. The molecule has 0 fully saturated rings. The zero-order valence-electron chi connectivity index (χ0n) is 24.6. The van der Waals surface area contributed by atoms with Crippen LogP contribution in [-0.2, 0) is 22.1 Å². The minimum Gasteiger partial charge on any atom is -0.487 e. The van der Waals surface area contributed by atoms with Gasteiger partial charge >= 0.3 is 0 Å². The van der Waals surface area contributed by atoms with Gasteiger partial charge in [-0.2, -0.15) is 8.78 Å². The number of rotatable bonds is 18. The van der Waals surface area contributed by atoms with Crippen molar-refractivity contribution in [1.29, 1.82) is 0 Å². The first kappa shape index (κ1) is 34.6. The third kappa shape index (κ3) is 11.7. The molecule has 0 heterocycles. The maximum atomic E-state index is 14.1. The Morgan fingerprint density at radius 1 is 0.952 bits per heavy atom. The van der Waals surface area contributed by atoms with E-state index in [1.807, 2.05) is 44.2 Å². The number of aliphatic hydroxyl groups is 1. The van der Waals surface area contributed by atoms with Crippen molar-refractivity contribution in [3.63, 3.8) is 0 Å². The lowest BCUT2D eigenvalue weighted by Gasteiger charge is -2.19. The highest BCUT2D eigenvalue weighted by molar-refractivity contribution is 5.81. The number of hydrogen-bond acceptors (Lipinski definition) is 6. The molecule has 0 amide bonds. The van der Waals surface area contributed by atoms with Gasteiger partial charge in [-0.3, -0.25) is 4.79 Å². The molecule has 0 bridgehead atoms. The molecule has 0 saturated carbocycles. The van der Waals surface area contributed by atoms with Crippen molar-refractivity contribution in [2.45, 2.75) is 58.2 Å². The van der Waals surface area contributed by atoms with E-state index in [0.717, 1.165) is 24.8 Å². The number of ether oxygens (including phenoxy) is 2. The highest BCUT2D eigenvalue weighted by Gasteiger charge is 2.31. The van der Waals surface area contributed by atoms with E-state index in [0.29, 0.717) is 55.0 Å². The number of aldehydes is 1. The average Bonchev–Trinajstić information content (AvgIpc) is 3.02. The van der Waals surface area contributed by atoms with Crippen LogP contribution >= 0.6 is 0 Å². The maximum absolute atomic E-state index is 14.1. The molecule has 3 aromatic rings. The summed E-state index contributed by atoms with van der Waals surface area (Å²) in [7, 11) is 0. The van der Waals surface area contributed by atoms with Crippen LogP contribution in [-0.4, -0.2) is 37.7 Å². The van der Waals surface area contributed by atoms with Gasteiger partial charge in [-0.05, 0) is 48.7 Å². The number of aliphatic hydroxyl groups excluding tert-OH is 1. The molecule has 3 rings (SSSR count). The van der Waals surface area contributed by atoms with E-state index in [4.69, 9.17) is 15.2 Å². The number of benzene rings is 3. The van der Waals surface area contributed by atoms with Gasteiger partial charge in [-0.25, -0.2) is 0 Å². The Labute approximate surface area is 248 Å². The molecule has 0 aromatic heterocycles. The van der Waals surface area contributed by atoms with Gasteiger partial charge in [-0.1, -0.05) is 93.4 Å². The lowest BCUT2D eigenvalue weighted by molar-refractivity contribution is -0.104. The molecule has 4 N–H and O–H groups in total. The minimum absolute atomic E-state index is 0.0369. The molecular weight excluding hydrogens is 538 g/mol. The number of nitrogens with one attached hydrogen (secondary N) is 1. The summed E-state index contributed by atoms with van der Waals surface area (Å²) in [4.78, 5) is 10.9. The summed E-state index contributed by atoms with van der Waals surface area (Å²) < 4.78 is 39.3. The monoisotopic (exact) mass is 582 g/mol. The normalized spacial score (nSPS) is 12.0. The Morgan fingerprint density at radius 3 is 2.31 bits per heavy atom. The third-order valence-electron chi connectivity index (χ3n) is 6.43. The molecule has 0 saturated heterocycles.